The molecule has 5 saturated carbocycles. The van der Waals surface area contributed by atoms with Gasteiger partial charge in [0.15, 0.2) is 0 Å². The van der Waals surface area contributed by atoms with Gasteiger partial charge in [-0.25, -0.2) is 4.79 Å². The summed E-state index contributed by atoms with van der Waals surface area (Å²) in [5.41, 5.74) is 0.275. The summed E-state index contributed by atoms with van der Waals surface area (Å²) < 4.78 is 0. The topological polar surface area (TPSA) is 86.7 Å². The van der Waals surface area contributed by atoms with Crippen LogP contribution in [0.3, 0.4) is 0 Å². The highest BCUT2D eigenvalue weighted by atomic mass is 16.4. The van der Waals surface area contributed by atoms with E-state index in [1.807, 2.05) is 0 Å². The average molecular weight is 441 g/mol. The van der Waals surface area contributed by atoms with Gasteiger partial charge in [-0.15, -0.1) is 0 Å². The maximum absolute atomic E-state index is 13.6. The number of carboxylic acid groups (broad SMARTS) is 1. The third kappa shape index (κ3) is 3.31. The van der Waals surface area contributed by atoms with Crippen molar-refractivity contribution in [1.82, 2.24) is 10.2 Å². The number of nitrogens with zero attached hydrogens (tertiary/aromatic N) is 1. The highest BCUT2D eigenvalue weighted by Gasteiger charge is 2.53. The normalized spacial score (nSPS) is 45.9. The monoisotopic (exact) mass is 440 g/mol. The summed E-state index contributed by atoms with van der Waals surface area (Å²) in [6, 6.07) is -0.734. The molecule has 0 radical (unpaired) electrons. The van der Waals surface area contributed by atoms with E-state index in [9.17, 15) is 19.5 Å². The molecule has 6 nitrogen and oxygen atoms in total. The molecular weight excluding hydrogens is 404 g/mol. The SMILES string of the molecule is O=C(NCC12CC3CC(CC(C3)C1)C2)C1C2C=C[C@@H](CC2)[C@@H]1C(=O)N1CCCC1C(=O)O. The summed E-state index contributed by atoms with van der Waals surface area (Å²) in [6.07, 6.45) is 15.3. The first-order valence-corrected chi connectivity index (χ1v) is 12.9. The van der Waals surface area contributed by atoms with E-state index in [2.05, 4.69) is 17.5 Å². The number of likely N-dealkylation sites (tertiary alicyclic amines) is 1. The van der Waals surface area contributed by atoms with Crippen LogP contribution in [0, 0.1) is 46.8 Å². The largest absolute Gasteiger partial charge is 0.480 e. The quantitative estimate of drug-likeness (QED) is 0.643. The summed E-state index contributed by atoms with van der Waals surface area (Å²) in [5.74, 6) is 0.945. The van der Waals surface area contributed by atoms with E-state index < -0.39 is 17.9 Å². The first kappa shape index (κ1) is 20.7. The molecule has 0 aromatic heterocycles. The molecule has 8 rings (SSSR count). The molecule has 1 heterocycles. The van der Waals surface area contributed by atoms with Gasteiger partial charge >= 0.3 is 5.97 Å². The molecule has 32 heavy (non-hydrogen) atoms. The van der Waals surface area contributed by atoms with Crippen LogP contribution in [0.4, 0.5) is 0 Å². The molecule has 6 bridgehead atoms. The first-order valence-electron chi connectivity index (χ1n) is 12.9. The molecule has 2 N–H and O–H groups in total. The number of hydrogen-bond donors (Lipinski definition) is 2. The summed E-state index contributed by atoms with van der Waals surface area (Å²) in [6.45, 7) is 1.25. The van der Waals surface area contributed by atoms with Crippen LogP contribution in [0.5, 0.6) is 0 Å². The van der Waals surface area contributed by atoms with Crippen LogP contribution in [-0.2, 0) is 14.4 Å². The number of amides is 2. The Morgan fingerprint density at radius 2 is 1.50 bits per heavy atom. The van der Waals surface area contributed by atoms with E-state index >= 15 is 0 Å². The second-order valence-corrected chi connectivity index (χ2v) is 12.0. The van der Waals surface area contributed by atoms with Gasteiger partial charge in [-0.2, -0.15) is 0 Å². The smallest absolute Gasteiger partial charge is 0.326 e. The zero-order chi connectivity index (χ0) is 22.0. The van der Waals surface area contributed by atoms with Crippen LogP contribution in [0.1, 0.15) is 64.2 Å². The first-order chi connectivity index (χ1) is 15.4. The molecule has 8 aliphatic rings. The predicted molar refractivity (Wildman–Crippen MR) is 118 cm³/mol. The summed E-state index contributed by atoms with van der Waals surface area (Å²) >= 11 is 0. The maximum atomic E-state index is 13.6. The zero-order valence-corrected chi connectivity index (χ0v) is 18.9. The minimum absolute atomic E-state index is 0.0317. The Balaban J connectivity index is 1.19. The van der Waals surface area contributed by atoms with Crippen molar-refractivity contribution in [1.29, 1.82) is 0 Å². The van der Waals surface area contributed by atoms with Crippen molar-refractivity contribution in [3.63, 3.8) is 0 Å². The second-order valence-electron chi connectivity index (χ2n) is 12.0. The Bertz CT molecular complexity index is 815. The van der Waals surface area contributed by atoms with E-state index in [0.29, 0.717) is 13.0 Å². The number of aliphatic carboxylic acids is 1. The third-order valence-corrected chi connectivity index (χ3v) is 9.96. The highest BCUT2D eigenvalue weighted by molar-refractivity contribution is 5.91. The molecule has 6 fully saturated rings. The van der Waals surface area contributed by atoms with Crippen molar-refractivity contribution in [2.75, 3.05) is 13.1 Å². The lowest BCUT2D eigenvalue weighted by molar-refractivity contribution is -0.155. The zero-order valence-electron chi connectivity index (χ0n) is 18.9. The molecule has 5 atom stereocenters. The van der Waals surface area contributed by atoms with Crippen molar-refractivity contribution < 1.29 is 19.5 Å². The van der Waals surface area contributed by atoms with Crippen molar-refractivity contribution in [2.24, 2.45) is 46.8 Å². The lowest BCUT2D eigenvalue weighted by Crippen LogP contribution is -2.56. The van der Waals surface area contributed by atoms with E-state index in [1.54, 1.807) is 4.90 Å². The van der Waals surface area contributed by atoms with Gasteiger partial charge in [0.1, 0.15) is 6.04 Å². The Morgan fingerprint density at radius 1 is 0.906 bits per heavy atom. The number of nitrogens with one attached hydrogen (secondary N) is 1. The molecule has 1 aliphatic heterocycles. The number of carbonyl (C=O) groups is 3. The highest BCUT2D eigenvalue weighted by Crippen LogP contribution is 2.59. The van der Waals surface area contributed by atoms with Crippen LogP contribution in [0.25, 0.3) is 0 Å². The molecule has 0 spiro atoms. The van der Waals surface area contributed by atoms with E-state index in [-0.39, 0.29) is 35.0 Å². The summed E-state index contributed by atoms with van der Waals surface area (Å²) in [4.78, 5) is 40.4. The predicted octanol–water partition coefficient (Wildman–Crippen LogP) is 3.22. The van der Waals surface area contributed by atoms with Gasteiger partial charge in [-0.1, -0.05) is 12.2 Å². The average Bonchev–Trinajstić information content (AvgIpc) is 3.27. The Labute approximate surface area is 190 Å². The molecule has 2 amide bonds. The number of fused-ring (bicyclic) bond motifs is 2. The van der Waals surface area contributed by atoms with Gasteiger partial charge in [0.25, 0.3) is 0 Å². The maximum Gasteiger partial charge on any atom is 0.326 e. The van der Waals surface area contributed by atoms with E-state index in [4.69, 9.17) is 0 Å². The molecule has 1 saturated heterocycles. The fourth-order valence-corrected chi connectivity index (χ4v) is 9.07. The number of rotatable bonds is 5. The van der Waals surface area contributed by atoms with Gasteiger partial charge in [0.2, 0.25) is 11.8 Å². The van der Waals surface area contributed by atoms with Crippen LogP contribution in [0.15, 0.2) is 12.2 Å². The third-order valence-electron chi connectivity index (χ3n) is 9.96. The van der Waals surface area contributed by atoms with Gasteiger partial charge in [-0.3, -0.25) is 9.59 Å². The van der Waals surface area contributed by atoms with Crippen molar-refractivity contribution in [3.8, 4) is 0 Å². The fourth-order valence-electron chi connectivity index (χ4n) is 9.07. The molecule has 174 valence electrons. The Morgan fingerprint density at radius 3 is 2.06 bits per heavy atom. The molecular formula is C26H36N2O4. The molecule has 0 aromatic carbocycles. The van der Waals surface area contributed by atoms with Gasteiger partial charge < -0.3 is 15.3 Å². The Kier molecular flexibility index (Phi) is 4.92. The molecule has 7 aliphatic carbocycles. The second kappa shape index (κ2) is 7.59. The number of hydrogen-bond acceptors (Lipinski definition) is 3. The Hall–Kier alpha value is -1.85. The summed E-state index contributed by atoms with van der Waals surface area (Å²) in [7, 11) is 0. The lowest BCUT2D eigenvalue weighted by atomic mass is 9.49. The molecule has 3 unspecified atom stereocenters. The molecule has 6 heteroatoms. The number of carbonyl (C=O) groups excluding carboxylic acids is 2. The van der Waals surface area contributed by atoms with Crippen LogP contribution < -0.4 is 5.32 Å². The fraction of sp³-hybridized carbons (Fsp3) is 0.808. The van der Waals surface area contributed by atoms with Crippen molar-refractivity contribution in [3.05, 3.63) is 12.2 Å². The number of carboxylic acids is 1. The van der Waals surface area contributed by atoms with Gasteiger partial charge in [-0.05, 0) is 99.2 Å². The molecule has 0 aromatic rings. The van der Waals surface area contributed by atoms with Crippen LogP contribution >= 0.6 is 0 Å². The van der Waals surface area contributed by atoms with Gasteiger partial charge in [0.05, 0.1) is 11.8 Å². The van der Waals surface area contributed by atoms with Crippen LogP contribution in [0.2, 0.25) is 0 Å². The standard InChI is InChI=1S/C26H36N2O4/c29-23(27-14-26-11-15-8-16(12-26)10-17(9-15)13-26)21-18-3-5-19(6-4-18)22(21)24(30)28-7-1-2-20(28)25(31)32/h3,5,15-22H,1-2,4,6-14H2,(H,27,29)(H,31,32)/t15?,16?,17?,18?,19-,20?,21?,22-,26?/m0/s1. The number of allylic oxidation sites excluding steroid dienone is 2. The summed E-state index contributed by atoms with van der Waals surface area (Å²) in [5, 5.41) is 12.9. The van der Waals surface area contributed by atoms with Crippen molar-refractivity contribution in [2.45, 2.75) is 70.3 Å². The van der Waals surface area contributed by atoms with Crippen molar-refractivity contribution >= 4 is 17.8 Å². The van der Waals surface area contributed by atoms with E-state index in [0.717, 1.165) is 43.6 Å². The minimum atomic E-state index is -0.921. The lowest BCUT2D eigenvalue weighted by Gasteiger charge is -2.57. The minimum Gasteiger partial charge on any atom is -0.480 e. The van der Waals surface area contributed by atoms with E-state index in [1.165, 1.54) is 38.5 Å². The van der Waals surface area contributed by atoms with Gasteiger partial charge in [0, 0.05) is 13.1 Å². The van der Waals surface area contributed by atoms with Crippen LogP contribution in [-0.4, -0.2) is 46.9 Å².